The number of piperazine rings is 1. The van der Waals surface area contributed by atoms with Gasteiger partial charge in [-0.3, -0.25) is 9.59 Å². The van der Waals surface area contributed by atoms with E-state index < -0.39 is 0 Å². The van der Waals surface area contributed by atoms with Gasteiger partial charge in [0.2, 0.25) is 5.91 Å². The Balaban J connectivity index is 1.67. The molecule has 0 unspecified atom stereocenters. The largest absolute Gasteiger partial charge is 0.339 e. The van der Waals surface area contributed by atoms with Gasteiger partial charge in [0.25, 0.3) is 5.91 Å². The van der Waals surface area contributed by atoms with E-state index in [1.54, 1.807) is 28.0 Å². The fourth-order valence-corrected chi connectivity index (χ4v) is 3.16. The van der Waals surface area contributed by atoms with Gasteiger partial charge in [0.1, 0.15) is 17.8 Å². The summed E-state index contributed by atoms with van der Waals surface area (Å²) in [4.78, 5) is 27.8. The molecule has 1 fully saturated rings. The summed E-state index contributed by atoms with van der Waals surface area (Å²) in [5.41, 5.74) is 2.10. The molecule has 0 spiro atoms. The normalized spacial score (nSPS) is 14.6. The van der Waals surface area contributed by atoms with Crippen LogP contribution in [0.1, 0.15) is 17.4 Å². The van der Waals surface area contributed by atoms with Gasteiger partial charge in [-0.15, -0.1) is 10.2 Å². The third-order valence-electron chi connectivity index (χ3n) is 4.65. The first-order valence-corrected chi connectivity index (χ1v) is 8.55. The highest BCUT2D eigenvalue weighted by Crippen LogP contribution is 2.24. The molecule has 1 aliphatic rings. The third-order valence-corrected chi connectivity index (χ3v) is 4.65. The van der Waals surface area contributed by atoms with Gasteiger partial charge in [-0.05, 0) is 23.8 Å². The zero-order chi connectivity index (χ0) is 19.0. The maximum atomic E-state index is 13.3. The minimum absolute atomic E-state index is 0.00438. The zero-order valence-electron chi connectivity index (χ0n) is 14.7. The quantitative estimate of drug-likeness (QED) is 0.679. The lowest BCUT2D eigenvalue weighted by atomic mass is 10.1. The molecule has 3 heterocycles. The second-order valence-electron chi connectivity index (χ2n) is 6.35. The maximum absolute atomic E-state index is 13.3. The number of hydrogen-bond donors (Lipinski definition) is 0. The third kappa shape index (κ3) is 3.23. The molecule has 0 aliphatic carbocycles. The second kappa shape index (κ2) is 6.75. The maximum Gasteiger partial charge on any atom is 0.274 e. The molecule has 2 amide bonds. The van der Waals surface area contributed by atoms with Gasteiger partial charge in [-0.2, -0.15) is 9.61 Å². The summed E-state index contributed by atoms with van der Waals surface area (Å²) in [5.74, 6) is -0.563. The SMILES string of the molecule is CC(=O)N1CCN(C(=O)c2cc(-c3ccc(F)cc3)c3nncn3n2)CC1. The number of amides is 2. The summed E-state index contributed by atoms with van der Waals surface area (Å²) in [6.07, 6.45) is 1.42. The molecular weight excluding hydrogens is 351 g/mol. The Hall–Kier alpha value is -3.36. The van der Waals surface area contributed by atoms with Gasteiger partial charge in [0.05, 0.1) is 0 Å². The average Bonchev–Trinajstić information content (AvgIpc) is 3.16. The average molecular weight is 368 g/mol. The molecule has 2 aromatic heterocycles. The number of hydrogen-bond acceptors (Lipinski definition) is 5. The van der Waals surface area contributed by atoms with Gasteiger partial charge < -0.3 is 9.80 Å². The Morgan fingerprint density at radius 3 is 2.37 bits per heavy atom. The van der Waals surface area contributed by atoms with Gasteiger partial charge >= 0.3 is 0 Å². The first-order valence-electron chi connectivity index (χ1n) is 8.55. The number of aromatic nitrogens is 4. The predicted octanol–water partition coefficient (Wildman–Crippen LogP) is 1.23. The van der Waals surface area contributed by atoms with Crippen LogP contribution in [0.3, 0.4) is 0 Å². The number of halogens is 1. The van der Waals surface area contributed by atoms with E-state index in [0.717, 1.165) is 0 Å². The van der Waals surface area contributed by atoms with Crippen LogP contribution in [-0.2, 0) is 4.79 Å². The van der Waals surface area contributed by atoms with Crippen molar-refractivity contribution in [3.8, 4) is 11.1 Å². The van der Waals surface area contributed by atoms with Crippen LogP contribution in [0.15, 0.2) is 36.7 Å². The van der Waals surface area contributed by atoms with Gasteiger partial charge in [-0.1, -0.05) is 12.1 Å². The summed E-state index contributed by atoms with van der Waals surface area (Å²) in [6, 6.07) is 7.60. The second-order valence-corrected chi connectivity index (χ2v) is 6.35. The van der Waals surface area contributed by atoms with E-state index in [1.165, 1.54) is 29.9 Å². The Labute approximate surface area is 154 Å². The van der Waals surface area contributed by atoms with E-state index >= 15 is 0 Å². The molecule has 4 rings (SSSR count). The van der Waals surface area contributed by atoms with Gasteiger partial charge in [-0.25, -0.2) is 4.39 Å². The van der Waals surface area contributed by atoms with Gasteiger partial charge in [0.15, 0.2) is 5.65 Å². The minimum Gasteiger partial charge on any atom is -0.339 e. The molecule has 8 nitrogen and oxygen atoms in total. The van der Waals surface area contributed by atoms with Crippen molar-refractivity contribution in [1.29, 1.82) is 0 Å². The van der Waals surface area contributed by atoms with E-state index in [1.807, 2.05) is 0 Å². The van der Waals surface area contributed by atoms with E-state index in [4.69, 9.17) is 0 Å². The van der Waals surface area contributed by atoms with Crippen molar-refractivity contribution in [2.75, 3.05) is 26.2 Å². The van der Waals surface area contributed by atoms with Crippen molar-refractivity contribution in [1.82, 2.24) is 29.6 Å². The molecule has 0 N–H and O–H groups in total. The van der Waals surface area contributed by atoms with Crippen LogP contribution in [0, 0.1) is 5.82 Å². The van der Waals surface area contributed by atoms with Crippen molar-refractivity contribution in [2.45, 2.75) is 6.92 Å². The first kappa shape index (κ1) is 17.1. The highest BCUT2D eigenvalue weighted by atomic mass is 19.1. The van der Waals surface area contributed by atoms with Crippen LogP contribution in [-0.4, -0.2) is 67.6 Å². The van der Waals surface area contributed by atoms with E-state index in [2.05, 4.69) is 15.3 Å². The molecule has 3 aromatic rings. The fourth-order valence-electron chi connectivity index (χ4n) is 3.16. The number of carbonyl (C=O) groups excluding carboxylic acids is 2. The molecule has 1 aromatic carbocycles. The Kier molecular flexibility index (Phi) is 4.27. The van der Waals surface area contributed by atoms with Crippen LogP contribution in [0.25, 0.3) is 16.8 Å². The summed E-state index contributed by atoms with van der Waals surface area (Å²) in [7, 11) is 0. The lowest BCUT2D eigenvalue weighted by Crippen LogP contribution is -2.50. The highest BCUT2D eigenvalue weighted by molar-refractivity contribution is 5.95. The summed E-state index contributed by atoms with van der Waals surface area (Å²) in [6.45, 7) is 3.42. The number of nitrogens with zero attached hydrogens (tertiary/aromatic N) is 6. The Bertz CT molecular complexity index is 1010. The molecule has 0 saturated carbocycles. The Morgan fingerprint density at radius 1 is 1.04 bits per heavy atom. The van der Waals surface area contributed by atoms with Crippen molar-refractivity contribution < 1.29 is 14.0 Å². The minimum atomic E-state index is -0.343. The standard InChI is InChI=1S/C18H17FN6O2/c1-12(26)23-6-8-24(9-7-23)18(27)16-10-15(13-2-4-14(19)5-3-13)17-21-20-11-25(17)22-16/h2-5,10-11H,6-9H2,1H3. The smallest absolute Gasteiger partial charge is 0.274 e. The highest BCUT2D eigenvalue weighted by Gasteiger charge is 2.25. The number of rotatable bonds is 2. The number of fused-ring (bicyclic) bond motifs is 1. The molecule has 27 heavy (non-hydrogen) atoms. The number of benzene rings is 1. The molecule has 0 radical (unpaired) electrons. The molecular formula is C18H17FN6O2. The van der Waals surface area contributed by atoms with Crippen molar-refractivity contribution in [3.05, 3.63) is 48.2 Å². The van der Waals surface area contributed by atoms with Crippen LogP contribution in [0.5, 0.6) is 0 Å². The van der Waals surface area contributed by atoms with Crippen molar-refractivity contribution >= 4 is 17.5 Å². The molecule has 0 bridgehead atoms. The molecule has 138 valence electrons. The van der Waals surface area contributed by atoms with E-state index in [9.17, 15) is 14.0 Å². The van der Waals surface area contributed by atoms with Crippen LogP contribution < -0.4 is 0 Å². The molecule has 0 atom stereocenters. The molecule has 1 aliphatic heterocycles. The predicted molar refractivity (Wildman–Crippen MR) is 94.3 cm³/mol. The van der Waals surface area contributed by atoms with Crippen molar-refractivity contribution in [2.24, 2.45) is 0 Å². The van der Waals surface area contributed by atoms with Crippen molar-refractivity contribution in [3.63, 3.8) is 0 Å². The molecule has 9 heteroatoms. The van der Waals surface area contributed by atoms with Gasteiger partial charge in [0, 0.05) is 38.7 Å². The van der Waals surface area contributed by atoms with E-state index in [-0.39, 0.29) is 23.3 Å². The van der Waals surface area contributed by atoms with Crippen LogP contribution >= 0.6 is 0 Å². The summed E-state index contributed by atoms with van der Waals surface area (Å²) in [5, 5.41) is 12.2. The monoisotopic (exact) mass is 368 g/mol. The topological polar surface area (TPSA) is 83.7 Å². The lowest BCUT2D eigenvalue weighted by molar-refractivity contribution is -0.130. The fraction of sp³-hybridized carbons (Fsp3) is 0.278. The van der Waals surface area contributed by atoms with Crippen LogP contribution in [0.2, 0.25) is 0 Å². The molecule has 1 saturated heterocycles. The van der Waals surface area contributed by atoms with Crippen LogP contribution in [0.4, 0.5) is 4.39 Å². The Morgan fingerprint density at radius 2 is 1.70 bits per heavy atom. The summed E-state index contributed by atoms with van der Waals surface area (Å²) >= 11 is 0. The first-order chi connectivity index (χ1) is 13.0. The number of carbonyl (C=O) groups is 2. The summed E-state index contributed by atoms with van der Waals surface area (Å²) < 4.78 is 14.7. The van der Waals surface area contributed by atoms with E-state index in [0.29, 0.717) is 43.0 Å². The lowest BCUT2D eigenvalue weighted by Gasteiger charge is -2.34. The zero-order valence-corrected chi connectivity index (χ0v) is 14.7.